The molecule has 138 valence electrons. The third kappa shape index (κ3) is 4.01. The Morgan fingerprint density at radius 3 is 2.63 bits per heavy atom. The van der Waals surface area contributed by atoms with Crippen molar-refractivity contribution in [2.45, 2.75) is 13.0 Å². The number of hydrogen-bond acceptors (Lipinski definition) is 4. The fraction of sp³-hybridized carbons (Fsp3) is 0.100. The summed E-state index contributed by atoms with van der Waals surface area (Å²) >= 11 is 5.86. The van der Waals surface area contributed by atoms with Crippen LogP contribution in [-0.4, -0.2) is 23.1 Å². The maximum atomic E-state index is 13.1. The summed E-state index contributed by atoms with van der Waals surface area (Å²) in [6.07, 6.45) is -1.16. The number of rotatable bonds is 4. The normalized spacial score (nSPS) is 11.8. The number of hydrogen-bond donors (Lipinski definition) is 2. The summed E-state index contributed by atoms with van der Waals surface area (Å²) in [6.45, 7) is 1.38. The van der Waals surface area contributed by atoms with E-state index in [-0.39, 0.29) is 22.0 Å². The molecule has 27 heavy (non-hydrogen) atoms. The molecule has 3 aromatic carbocycles. The zero-order valence-corrected chi connectivity index (χ0v) is 15.0. The fourth-order valence-electron chi connectivity index (χ4n) is 2.52. The number of nitrogens with one attached hydrogen (secondary N) is 1. The minimum absolute atomic E-state index is 0.0223. The molecule has 0 saturated heterocycles. The van der Waals surface area contributed by atoms with Gasteiger partial charge in [0.15, 0.2) is 6.10 Å². The maximum absolute atomic E-state index is 13.1. The second-order valence-corrected chi connectivity index (χ2v) is 6.25. The van der Waals surface area contributed by atoms with Crippen molar-refractivity contribution in [2.75, 3.05) is 5.32 Å². The van der Waals surface area contributed by atoms with Crippen LogP contribution < -0.4 is 5.32 Å². The lowest BCUT2D eigenvalue weighted by molar-refractivity contribution is -0.123. The first-order chi connectivity index (χ1) is 12.9. The van der Waals surface area contributed by atoms with E-state index < -0.39 is 23.8 Å². The number of aromatic hydroxyl groups is 1. The van der Waals surface area contributed by atoms with Crippen LogP contribution in [0.4, 0.5) is 10.1 Å². The van der Waals surface area contributed by atoms with Gasteiger partial charge in [-0.25, -0.2) is 9.18 Å². The molecule has 0 saturated carbocycles. The molecule has 3 aromatic rings. The zero-order chi connectivity index (χ0) is 19.6. The van der Waals surface area contributed by atoms with Crippen LogP contribution in [0.25, 0.3) is 10.8 Å². The smallest absolute Gasteiger partial charge is 0.342 e. The van der Waals surface area contributed by atoms with E-state index in [1.54, 1.807) is 24.3 Å². The molecule has 0 radical (unpaired) electrons. The molecule has 3 rings (SSSR count). The lowest BCUT2D eigenvalue weighted by Gasteiger charge is -2.15. The highest BCUT2D eigenvalue weighted by Crippen LogP contribution is 2.29. The van der Waals surface area contributed by atoms with Crippen LogP contribution in [0.2, 0.25) is 5.02 Å². The summed E-state index contributed by atoms with van der Waals surface area (Å²) in [5, 5.41) is 14.1. The van der Waals surface area contributed by atoms with E-state index in [0.29, 0.717) is 5.39 Å². The third-order valence-electron chi connectivity index (χ3n) is 3.96. The molecule has 0 fully saturated rings. The van der Waals surface area contributed by atoms with Crippen LogP contribution in [-0.2, 0) is 9.53 Å². The Balaban J connectivity index is 1.73. The van der Waals surface area contributed by atoms with Crippen LogP contribution in [0.15, 0.2) is 54.6 Å². The topological polar surface area (TPSA) is 75.6 Å². The molecule has 0 unspecified atom stereocenters. The van der Waals surface area contributed by atoms with Gasteiger partial charge in [0.1, 0.15) is 17.1 Å². The minimum atomic E-state index is -1.16. The number of anilines is 1. The van der Waals surface area contributed by atoms with E-state index in [2.05, 4.69) is 5.32 Å². The van der Waals surface area contributed by atoms with Gasteiger partial charge in [-0.3, -0.25) is 4.79 Å². The molecule has 2 N–H and O–H groups in total. The van der Waals surface area contributed by atoms with Gasteiger partial charge in [-0.1, -0.05) is 41.9 Å². The highest BCUT2D eigenvalue weighted by Gasteiger charge is 2.22. The molecule has 0 aliphatic carbocycles. The van der Waals surface area contributed by atoms with Crippen LogP contribution in [0.1, 0.15) is 17.3 Å². The van der Waals surface area contributed by atoms with E-state index in [9.17, 15) is 19.1 Å². The van der Waals surface area contributed by atoms with Crippen molar-refractivity contribution in [3.05, 3.63) is 71.0 Å². The van der Waals surface area contributed by atoms with Gasteiger partial charge in [0, 0.05) is 5.39 Å². The number of carbonyl (C=O) groups excluding carboxylic acids is 2. The van der Waals surface area contributed by atoms with Gasteiger partial charge in [0.2, 0.25) is 0 Å². The van der Waals surface area contributed by atoms with E-state index in [1.807, 2.05) is 6.07 Å². The molecule has 0 bridgehead atoms. The number of fused-ring (bicyclic) bond motifs is 1. The Morgan fingerprint density at radius 1 is 1.15 bits per heavy atom. The Labute approximate surface area is 159 Å². The summed E-state index contributed by atoms with van der Waals surface area (Å²) < 4.78 is 18.2. The van der Waals surface area contributed by atoms with E-state index in [1.165, 1.54) is 19.1 Å². The van der Waals surface area contributed by atoms with Crippen molar-refractivity contribution in [3.63, 3.8) is 0 Å². The molecular weight excluding hydrogens is 373 g/mol. The van der Waals surface area contributed by atoms with E-state index in [0.717, 1.165) is 17.5 Å². The van der Waals surface area contributed by atoms with Gasteiger partial charge in [0.25, 0.3) is 5.91 Å². The quantitative estimate of drug-likeness (QED) is 0.645. The molecule has 1 amide bonds. The molecule has 5 nitrogen and oxygen atoms in total. The first kappa shape index (κ1) is 18.7. The van der Waals surface area contributed by atoms with Gasteiger partial charge >= 0.3 is 5.97 Å². The number of amides is 1. The second kappa shape index (κ2) is 7.63. The number of carbonyl (C=O) groups is 2. The van der Waals surface area contributed by atoms with Crippen LogP contribution in [0, 0.1) is 5.82 Å². The van der Waals surface area contributed by atoms with Gasteiger partial charge in [0.05, 0.1) is 10.7 Å². The minimum Gasteiger partial charge on any atom is -0.506 e. The van der Waals surface area contributed by atoms with Gasteiger partial charge < -0.3 is 15.2 Å². The van der Waals surface area contributed by atoms with Crippen LogP contribution in [0.3, 0.4) is 0 Å². The number of phenols is 1. The Kier molecular flexibility index (Phi) is 5.28. The largest absolute Gasteiger partial charge is 0.506 e. The second-order valence-electron chi connectivity index (χ2n) is 5.84. The molecule has 7 heteroatoms. The first-order valence-corrected chi connectivity index (χ1v) is 8.42. The number of phenolic OH excluding ortho intramolecular Hbond substituents is 1. The Bertz CT molecular complexity index is 1040. The fourth-order valence-corrected chi connectivity index (χ4v) is 2.74. The Morgan fingerprint density at radius 2 is 1.89 bits per heavy atom. The lowest BCUT2D eigenvalue weighted by atomic mass is 10.1. The highest BCUT2D eigenvalue weighted by atomic mass is 35.5. The summed E-state index contributed by atoms with van der Waals surface area (Å²) in [5.41, 5.74) is 0.146. The van der Waals surface area contributed by atoms with E-state index >= 15 is 0 Å². The van der Waals surface area contributed by atoms with Crippen molar-refractivity contribution < 1.29 is 23.8 Å². The summed E-state index contributed by atoms with van der Waals surface area (Å²) in [4.78, 5) is 24.6. The molecule has 0 spiro atoms. The molecule has 1 atom stereocenters. The predicted octanol–water partition coefficient (Wildman–Crippen LogP) is 4.52. The molecule has 0 heterocycles. The van der Waals surface area contributed by atoms with Crippen molar-refractivity contribution in [1.29, 1.82) is 0 Å². The van der Waals surface area contributed by atoms with Gasteiger partial charge in [-0.15, -0.1) is 0 Å². The molecule has 0 aliphatic heterocycles. The van der Waals surface area contributed by atoms with Crippen molar-refractivity contribution in [2.24, 2.45) is 0 Å². The number of ether oxygens (including phenoxy) is 1. The average Bonchev–Trinajstić information content (AvgIpc) is 2.64. The predicted molar refractivity (Wildman–Crippen MR) is 101 cm³/mol. The number of benzene rings is 3. The summed E-state index contributed by atoms with van der Waals surface area (Å²) in [5.74, 6) is -2.24. The summed E-state index contributed by atoms with van der Waals surface area (Å²) in [7, 11) is 0. The lowest BCUT2D eigenvalue weighted by Crippen LogP contribution is -2.30. The SMILES string of the molecule is C[C@@H](OC(=O)c1ccc2ccccc2c1O)C(=O)Nc1ccc(F)cc1Cl. The first-order valence-electron chi connectivity index (χ1n) is 8.04. The van der Waals surface area contributed by atoms with Crippen molar-refractivity contribution in [3.8, 4) is 5.75 Å². The van der Waals surface area contributed by atoms with Crippen molar-refractivity contribution in [1.82, 2.24) is 0 Å². The monoisotopic (exact) mass is 387 g/mol. The average molecular weight is 388 g/mol. The molecule has 0 aromatic heterocycles. The summed E-state index contributed by atoms with van der Waals surface area (Å²) in [6, 6.07) is 13.6. The highest BCUT2D eigenvalue weighted by molar-refractivity contribution is 6.33. The molecule has 0 aliphatic rings. The number of esters is 1. The van der Waals surface area contributed by atoms with Crippen LogP contribution >= 0.6 is 11.6 Å². The number of halogens is 2. The Hall–Kier alpha value is -3.12. The van der Waals surface area contributed by atoms with Gasteiger partial charge in [-0.2, -0.15) is 0 Å². The van der Waals surface area contributed by atoms with Crippen LogP contribution in [0.5, 0.6) is 5.75 Å². The molecular formula is C20H15ClFNO4. The van der Waals surface area contributed by atoms with E-state index in [4.69, 9.17) is 16.3 Å². The third-order valence-corrected chi connectivity index (χ3v) is 4.28. The standard InChI is InChI=1S/C20H15ClFNO4/c1-11(19(25)23-17-9-7-13(22)10-16(17)21)27-20(26)15-8-6-12-4-2-3-5-14(12)18(15)24/h2-11,24H,1H3,(H,23,25)/t11-/m1/s1. The van der Waals surface area contributed by atoms with Gasteiger partial charge in [-0.05, 0) is 36.6 Å². The zero-order valence-electron chi connectivity index (χ0n) is 14.2. The van der Waals surface area contributed by atoms with Crippen molar-refractivity contribution >= 4 is 39.9 Å². The maximum Gasteiger partial charge on any atom is 0.342 e.